The molecule has 0 unspecified atom stereocenters. The van der Waals surface area contributed by atoms with Crippen LogP contribution in [0.2, 0.25) is 0 Å². The molecule has 0 aromatic heterocycles. The Balaban J connectivity index is 0.00000220. The van der Waals surface area contributed by atoms with Gasteiger partial charge in [0.25, 0.3) is 0 Å². The van der Waals surface area contributed by atoms with Crippen molar-refractivity contribution in [1.29, 1.82) is 0 Å². The van der Waals surface area contributed by atoms with Crippen LogP contribution in [0.5, 0.6) is 0 Å². The molecule has 114 valence electrons. The molecule has 0 atom stereocenters. The summed E-state index contributed by atoms with van der Waals surface area (Å²) < 4.78 is 27.4. The topological polar surface area (TPSA) is 29.3 Å². The van der Waals surface area contributed by atoms with E-state index in [9.17, 15) is 8.78 Å². The minimum atomic E-state index is -0.514. The average molecular weight is 313 g/mol. The Hall–Kier alpha value is -1.49. The van der Waals surface area contributed by atoms with Crippen molar-refractivity contribution in [2.45, 2.75) is 13.1 Å². The Labute approximate surface area is 130 Å². The van der Waals surface area contributed by atoms with Gasteiger partial charge in [-0.2, -0.15) is 0 Å². The van der Waals surface area contributed by atoms with E-state index in [0.29, 0.717) is 19.6 Å². The van der Waals surface area contributed by atoms with Crippen LogP contribution in [0.3, 0.4) is 0 Å². The van der Waals surface area contributed by atoms with Crippen molar-refractivity contribution in [2.24, 2.45) is 5.73 Å². The van der Waals surface area contributed by atoms with E-state index in [1.807, 2.05) is 35.2 Å². The quantitative estimate of drug-likeness (QED) is 0.886. The first-order chi connectivity index (χ1) is 9.70. The van der Waals surface area contributed by atoms with Crippen molar-refractivity contribution in [2.75, 3.05) is 13.1 Å². The molecular weight excluding hydrogens is 294 g/mol. The molecule has 2 aromatic rings. The van der Waals surface area contributed by atoms with E-state index in [4.69, 9.17) is 5.73 Å². The van der Waals surface area contributed by atoms with Crippen LogP contribution < -0.4 is 5.73 Å². The highest BCUT2D eigenvalue weighted by Gasteiger charge is 2.13. The van der Waals surface area contributed by atoms with Crippen molar-refractivity contribution in [3.05, 3.63) is 71.3 Å². The minimum Gasteiger partial charge on any atom is -0.329 e. The Morgan fingerprint density at radius 3 is 2.05 bits per heavy atom. The van der Waals surface area contributed by atoms with E-state index in [2.05, 4.69) is 0 Å². The standard InChI is InChI=1S/C16H18F2N2.ClH/c17-15-7-4-8-16(18)14(15)12-20(10-9-19)11-13-5-2-1-3-6-13;/h1-8H,9-12,19H2;1H. The molecule has 0 amide bonds. The molecule has 0 saturated carbocycles. The van der Waals surface area contributed by atoms with Gasteiger partial charge in [0, 0.05) is 31.7 Å². The van der Waals surface area contributed by atoms with Gasteiger partial charge in [0.15, 0.2) is 0 Å². The molecule has 2 N–H and O–H groups in total. The van der Waals surface area contributed by atoms with Crippen LogP contribution >= 0.6 is 12.4 Å². The summed E-state index contributed by atoms with van der Waals surface area (Å²) in [4.78, 5) is 1.94. The lowest BCUT2D eigenvalue weighted by Gasteiger charge is -2.22. The summed E-state index contributed by atoms with van der Waals surface area (Å²) in [6, 6.07) is 13.7. The monoisotopic (exact) mass is 312 g/mol. The predicted octanol–water partition coefficient (Wildman–Crippen LogP) is 3.35. The van der Waals surface area contributed by atoms with E-state index >= 15 is 0 Å². The summed E-state index contributed by atoms with van der Waals surface area (Å²) in [5, 5.41) is 0. The van der Waals surface area contributed by atoms with Crippen LogP contribution in [0.4, 0.5) is 8.78 Å². The zero-order valence-corrected chi connectivity index (χ0v) is 12.5. The molecule has 0 radical (unpaired) electrons. The normalized spacial score (nSPS) is 10.5. The molecule has 2 nitrogen and oxygen atoms in total. The Bertz CT molecular complexity index is 529. The van der Waals surface area contributed by atoms with Crippen LogP contribution in [0.15, 0.2) is 48.5 Å². The first-order valence-corrected chi connectivity index (χ1v) is 6.60. The summed E-state index contributed by atoms with van der Waals surface area (Å²) in [5.41, 5.74) is 6.77. The van der Waals surface area contributed by atoms with Crippen molar-refractivity contribution in [3.8, 4) is 0 Å². The molecule has 0 bridgehead atoms. The van der Waals surface area contributed by atoms with Crippen LogP contribution in [-0.2, 0) is 13.1 Å². The average Bonchev–Trinajstić information content (AvgIpc) is 2.44. The summed E-state index contributed by atoms with van der Waals surface area (Å²) in [6.07, 6.45) is 0. The lowest BCUT2D eigenvalue weighted by atomic mass is 10.1. The molecular formula is C16H19ClF2N2. The number of halogens is 3. The summed E-state index contributed by atoms with van der Waals surface area (Å²) in [5.74, 6) is -1.03. The maximum atomic E-state index is 13.7. The van der Waals surface area contributed by atoms with Gasteiger partial charge in [-0.05, 0) is 17.7 Å². The number of benzene rings is 2. The molecule has 0 aliphatic rings. The van der Waals surface area contributed by atoms with Gasteiger partial charge in [-0.3, -0.25) is 4.90 Å². The first kappa shape index (κ1) is 17.6. The van der Waals surface area contributed by atoms with Gasteiger partial charge < -0.3 is 5.73 Å². The molecule has 0 saturated heterocycles. The molecule has 2 aromatic carbocycles. The van der Waals surface area contributed by atoms with Gasteiger partial charge in [0.05, 0.1) is 0 Å². The van der Waals surface area contributed by atoms with Gasteiger partial charge in [-0.15, -0.1) is 12.4 Å². The van der Waals surface area contributed by atoms with Gasteiger partial charge in [-0.25, -0.2) is 8.78 Å². The van der Waals surface area contributed by atoms with E-state index in [1.165, 1.54) is 18.2 Å². The highest BCUT2D eigenvalue weighted by atomic mass is 35.5. The fraction of sp³-hybridized carbons (Fsp3) is 0.250. The number of hydrogen-bond donors (Lipinski definition) is 1. The van der Waals surface area contributed by atoms with Crippen molar-refractivity contribution in [3.63, 3.8) is 0 Å². The molecule has 5 heteroatoms. The third kappa shape index (κ3) is 5.08. The van der Waals surface area contributed by atoms with Crippen LogP contribution in [0, 0.1) is 11.6 Å². The fourth-order valence-corrected chi connectivity index (χ4v) is 2.15. The third-order valence-corrected chi connectivity index (χ3v) is 3.14. The highest BCUT2D eigenvalue weighted by molar-refractivity contribution is 5.85. The van der Waals surface area contributed by atoms with Crippen molar-refractivity contribution >= 4 is 12.4 Å². The predicted molar refractivity (Wildman–Crippen MR) is 83.2 cm³/mol. The Kier molecular flexibility index (Phi) is 7.29. The largest absolute Gasteiger partial charge is 0.329 e. The summed E-state index contributed by atoms with van der Waals surface area (Å²) in [6.45, 7) is 1.86. The summed E-state index contributed by atoms with van der Waals surface area (Å²) in [7, 11) is 0. The van der Waals surface area contributed by atoms with E-state index in [-0.39, 0.29) is 24.5 Å². The molecule has 0 aliphatic carbocycles. The van der Waals surface area contributed by atoms with Crippen molar-refractivity contribution in [1.82, 2.24) is 4.90 Å². The lowest BCUT2D eigenvalue weighted by Crippen LogP contribution is -2.29. The smallest absolute Gasteiger partial charge is 0.130 e. The SMILES string of the molecule is Cl.NCCN(Cc1ccccc1)Cc1c(F)cccc1F. The maximum absolute atomic E-state index is 13.7. The number of hydrogen-bond acceptors (Lipinski definition) is 2. The first-order valence-electron chi connectivity index (χ1n) is 6.60. The van der Waals surface area contributed by atoms with Gasteiger partial charge in [-0.1, -0.05) is 36.4 Å². The summed E-state index contributed by atoms with van der Waals surface area (Å²) >= 11 is 0. The zero-order chi connectivity index (χ0) is 14.4. The van der Waals surface area contributed by atoms with Crippen molar-refractivity contribution < 1.29 is 8.78 Å². The Morgan fingerprint density at radius 1 is 0.857 bits per heavy atom. The highest BCUT2D eigenvalue weighted by Crippen LogP contribution is 2.16. The Morgan fingerprint density at radius 2 is 1.48 bits per heavy atom. The molecule has 21 heavy (non-hydrogen) atoms. The second-order valence-electron chi connectivity index (χ2n) is 4.69. The van der Waals surface area contributed by atoms with Gasteiger partial charge >= 0.3 is 0 Å². The number of rotatable bonds is 6. The van der Waals surface area contributed by atoms with E-state index < -0.39 is 11.6 Å². The molecule has 0 aliphatic heterocycles. The second-order valence-corrected chi connectivity index (χ2v) is 4.69. The minimum absolute atomic E-state index is 0. The van der Waals surface area contributed by atoms with E-state index in [1.54, 1.807) is 0 Å². The van der Waals surface area contributed by atoms with Crippen LogP contribution in [0.25, 0.3) is 0 Å². The fourth-order valence-electron chi connectivity index (χ4n) is 2.15. The third-order valence-electron chi connectivity index (χ3n) is 3.14. The molecule has 0 spiro atoms. The zero-order valence-electron chi connectivity index (χ0n) is 11.6. The number of nitrogens with two attached hydrogens (primary N) is 1. The van der Waals surface area contributed by atoms with E-state index in [0.717, 1.165) is 5.56 Å². The van der Waals surface area contributed by atoms with Crippen LogP contribution in [0.1, 0.15) is 11.1 Å². The van der Waals surface area contributed by atoms with Crippen LogP contribution in [-0.4, -0.2) is 18.0 Å². The maximum Gasteiger partial charge on any atom is 0.130 e. The second kappa shape index (κ2) is 8.72. The lowest BCUT2D eigenvalue weighted by molar-refractivity contribution is 0.256. The number of nitrogens with zero attached hydrogens (tertiary/aromatic N) is 1. The molecule has 0 heterocycles. The van der Waals surface area contributed by atoms with Gasteiger partial charge in [0.2, 0.25) is 0 Å². The molecule has 2 rings (SSSR count). The van der Waals surface area contributed by atoms with Gasteiger partial charge in [0.1, 0.15) is 11.6 Å². The molecule has 0 fully saturated rings.